The summed E-state index contributed by atoms with van der Waals surface area (Å²) >= 11 is 1.60. The number of benzene rings is 1. The monoisotopic (exact) mass is 343 g/mol. The van der Waals surface area contributed by atoms with Crippen LogP contribution in [0.1, 0.15) is 46.8 Å². The van der Waals surface area contributed by atoms with E-state index in [0.29, 0.717) is 12.3 Å². The summed E-state index contributed by atoms with van der Waals surface area (Å²) in [7, 11) is 0. The Hall–Kier alpha value is -1.92. The van der Waals surface area contributed by atoms with Crippen LogP contribution >= 0.6 is 11.3 Å². The average molecular weight is 343 g/mol. The molecule has 3 N–H and O–H groups in total. The fourth-order valence-corrected chi connectivity index (χ4v) is 4.34. The number of nitrogens with one attached hydrogen (secondary N) is 2. The molecule has 1 aromatic heterocycles. The first-order valence-electron chi connectivity index (χ1n) is 8.37. The number of carbonyl (C=O) groups excluding carboxylic acids is 1. The molecular formula is C18H21N3O2S. The zero-order chi connectivity index (χ0) is 16.7. The Labute approximate surface area is 145 Å². The SMILES string of the molecule is Cc1csc(C(NC(=O)N[C@@H]2c3ccccc3C[C@@H]2O)C2CC2)n1. The van der Waals surface area contributed by atoms with Crippen molar-refractivity contribution in [3.8, 4) is 0 Å². The molecule has 0 aliphatic heterocycles. The number of aromatic nitrogens is 1. The number of hydrogen-bond donors (Lipinski definition) is 3. The zero-order valence-corrected chi connectivity index (χ0v) is 14.3. The van der Waals surface area contributed by atoms with Gasteiger partial charge in [-0.3, -0.25) is 0 Å². The van der Waals surface area contributed by atoms with Gasteiger partial charge < -0.3 is 15.7 Å². The van der Waals surface area contributed by atoms with Gasteiger partial charge in [-0.25, -0.2) is 9.78 Å². The minimum atomic E-state index is -0.574. The summed E-state index contributed by atoms with van der Waals surface area (Å²) < 4.78 is 0. The van der Waals surface area contributed by atoms with Crippen molar-refractivity contribution < 1.29 is 9.90 Å². The Morgan fingerprint density at radius 1 is 1.38 bits per heavy atom. The normalized spacial score (nSPS) is 23.6. The topological polar surface area (TPSA) is 74.2 Å². The quantitative estimate of drug-likeness (QED) is 0.799. The summed E-state index contributed by atoms with van der Waals surface area (Å²) in [5.74, 6) is 0.474. The van der Waals surface area contributed by atoms with Crippen LogP contribution in [0.2, 0.25) is 0 Å². The van der Waals surface area contributed by atoms with Crippen LogP contribution in [0.5, 0.6) is 0 Å². The molecule has 4 rings (SSSR count). The molecule has 24 heavy (non-hydrogen) atoms. The molecule has 2 aliphatic carbocycles. The number of hydrogen-bond acceptors (Lipinski definition) is 4. The predicted molar refractivity (Wildman–Crippen MR) is 92.9 cm³/mol. The molecule has 2 aromatic rings. The molecule has 1 saturated carbocycles. The van der Waals surface area contributed by atoms with Gasteiger partial charge in [-0.15, -0.1) is 11.3 Å². The lowest BCUT2D eigenvalue weighted by atomic mass is 10.1. The van der Waals surface area contributed by atoms with Gasteiger partial charge in [0.05, 0.1) is 18.2 Å². The van der Waals surface area contributed by atoms with Crippen LogP contribution in [0.25, 0.3) is 0 Å². The summed E-state index contributed by atoms with van der Waals surface area (Å²) in [6.07, 6.45) is 2.25. The van der Waals surface area contributed by atoms with Gasteiger partial charge in [0.1, 0.15) is 5.01 Å². The van der Waals surface area contributed by atoms with Crippen molar-refractivity contribution in [3.05, 3.63) is 51.5 Å². The van der Waals surface area contributed by atoms with Crippen molar-refractivity contribution in [2.45, 2.75) is 44.4 Å². The molecule has 5 nitrogen and oxygen atoms in total. The number of amides is 2. The number of rotatable bonds is 4. The van der Waals surface area contributed by atoms with Gasteiger partial charge in [-0.1, -0.05) is 24.3 Å². The van der Waals surface area contributed by atoms with E-state index in [9.17, 15) is 9.90 Å². The lowest BCUT2D eigenvalue weighted by molar-refractivity contribution is 0.141. The van der Waals surface area contributed by atoms with Crippen molar-refractivity contribution in [3.63, 3.8) is 0 Å². The summed E-state index contributed by atoms with van der Waals surface area (Å²) in [6, 6.07) is 7.26. The van der Waals surface area contributed by atoms with Crippen molar-refractivity contribution in [1.82, 2.24) is 15.6 Å². The number of carbonyl (C=O) groups is 1. The van der Waals surface area contributed by atoms with E-state index < -0.39 is 6.10 Å². The molecule has 3 atom stereocenters. The van der Waals surface area contributed by atoms with E-state index in [1.807, 2.05) is 36.6 Å². The van der Waals surface area contributed by atoms with Gasteiger partial charge in [-0.05, 0) is 36.8 Å². The highest BCUT2D eigenvalue weighted by Gasteiger charge is 2.37. The highest BCUT2D eigenvalue weighted by molar-refractivity contribution is 7.09. The number of aryl methyl sites for hydroxylation is 1. The number of aliphatic hydroxyl groups excluding tert-OH is 1. The Morgan fingerprint density at radius 3 is 2.88 bits per heavy atom. The molecule has 1 unspecified atom stereocenters. The second-order valence-electron chi connectivity index (χ2n) is 6.71. The Balaban J connectivity index is 1.46. The third kappa shape index (κ3) is 3.03. The first kappa shape index (κ1) is 15.6. The van der Waals surface area contributed by atoms with Crippen LogP contribution in [-0.4, -0.2) is 22.2 Å². The second-order valence-corrected chi connectivity index (χ2v) is 7.60. The summed E-state index contributed by atoms with van der Waals surface area (Å²) in [4.78, 5) is 17.1. The molecule has 1 aromatic carbocycles. The van der Waals surface area contributed by atoms with Crippen LogP contribution < -0.4 is 10.6 Å². The van der Waals surface area contributed by atoms with Gasteiger partial charge in [0.15, 0.2) is 0 Å². The van der Waals surface area contributed by atoms with E-state index in [1.54, 1.807) is 11.3 Å². The Kier molecular flexibility index (Phi) is 4.02. The van der Waals surface area contributed by atoms with Gasteiger partial charge in [0, 0.05) is 17.5 Å². The third-order valence-electron chi connectivity index (χ3n) is 4.77. The van der Waals surface area contributed by atoms with Crippen LogP contribution in [0.15, 0.2) is 29.6 Å². The summed E-state index contributed by atoms with van der Waals surface area (Å²) in [5, 5.41) is 19.3. The maximum atomic E-state index is 12.5. The smallest absolute Gasteiger partial charge is 0.315 e. The number of urea groups is 1. The number of fused-ring (bicyclic) bond motifs is 1. The van der Waals surface area contributed by atoms with E-state index in [4.69, 9.17) is 0 Å². The van der Waals surface area contributed by atoms with E-state index in [-0.39, 0.29) is 18.1 Å². The molecular weight excluding hydrogens is 322 g/mol. The first-order valence-corrected chi connectivity index (χ1v) is 9.24. The van der Waals surface area contributed by atoms with Crippen molar-refractivity contribution in [1.29, 1.82) is 0 Å². The van der Waals surface area contributed by atoms with E-state index in [0.717, 1.165) is 34.7 Å². The molecule has 1 fully saturated rings. The minimum Gasteiger partial charge on any atom is -0.390 e. The van der Waals surface area contributed by atoms with Crippen LogP contribution in [0, 0.1) is 12.8 Å². The first-order chi connectivity index (χ1) is 11.6. The number of aliphatic hydroxyl groups is 1. The average Bonchev–Trinajstić information content (AvgIpc) is 3.24. The van der Waals surface area contributed by atoms with Crippen LogP contribution in [-0.2, 0) is 6.42 Å². The zero-order valence-electron chi connectivity index (χ0n) is 13.5. The lowest BCUT2D eigenvalue weighted by Gasteiger charge is -2.21. The fraction of sp³-hybridized carbons (Fsp3) is 0.444. The molecule has 6 heteroatoms. The third-order valence-corrected chi connectivity index (χ3v) is 5.82. The second kappa shape index (κ2) is 6.18. The largest absolute Gasteiger partial charge is 0.390 e. The van der Waals surface area contributed by atoms with Crippen molar-refractivity contribution in [2.24, 2.45) is 5.92 Å². The highest BCUT2D eigenvalue weighted by atomic mass is 32.1. The summed E-state index contributed by atoms with van der Waals surface area (Å²) in [5.41, 5.74) is 3.10. The molecule has 126 valence electrons. The summed E-state index contributed by atoms with van der Waals surface area (Å²) in [6.45, 7) is 1.97. The fourth-order valence-electron chi connectivity index (χ4n) is 3.40. The highest BCUT2D eigenvalue weighted by Crippen LogP contribution is 2.42. The molecule has 0 radical (unpaired) electrons. The molecule has 0 spiro atoms. The molecule has 2 aliphatic rings. The van der Waals surface area contributed by atoms with E-state index in [1.165, 1.54) is 0 Å². The van der Waals surface area contributed by atoms with Gasteiger partial charge in [0.2, 0.25) is 0 Å². The predicted octanol–water partition coefficient (Wildman–Crippen LogP) is 2.86. The van der Waals surface area contributed by atoms with Gasteiger partial charge in [-0.2, -0.15) is 0 Å². The number of thiazole rings is 1. The molecule has 2 amide bonds. The van der Waals surface area contributed by atoms with Crippen LogP contribution in [0.3, 0.4) is 0 Å². The Bertz CT molecular complexity index is 756. The van der Waals surface area contributed by atoms with Gasteiger partial charge >= 0.3 is 6.03 Å². The lowest BCUT2D eigenvalue weighted by Crippen LogP contribution is -2.42. The number of nitrogens with zero attached hydrogens (tertiary/aromatic N) is 1. The van der Waals surface area contributed by atoms with Gasteiger partial charge in [0.25, 0.3) is 0 Å². The standard InChI is InChI=1S/C18H21N3O2S/c1-10-9-24-17(19-10)15(11-6-7-11)20-18(23)21-16-13-5-3-2-4-12(13)8-14(16)22/h2-5,9,11,14-16,22H,6-8H2,1H3,(H2,20,21,23)/t14-,15?,16+/m0/s1. The maximum absolute atomic E-state index is 12.5. The molecule has 0 bridgehead atoms. The van der Waals surface area contributed by atoms with Crippen LogP contribution in [0.4, 0.5) is 4.79 Å². The van der Waals surface area contributed by atoms with Crippen molar-refractivity contribution >= 4 is 17.4 Å². The maximum Gasteiger partial charge on any atom is 0.315 e. The molecule has 0 saturated heterocycles. The van der Waals surface area contributed by atoms with E-state index in [2.05, 4.69) is 15.6 Å². The Morgan fingerprint density at radius 2 is 2.17 bits per heavy atom. The minimum absolute atomic E-state index is 0.0301. The van der Waals surface area contributed by atoms with Crippen molar-refractivity contribution in [2.75, 3.05) is 0 Å². The molecule has 1 heterocycles. The van der Waals surface area contributed by atoms with E-state index >= 15 is 0 Å².